The van der Waals surface area contributed by atoms with Crippen molar-refractivity contribution in [2.24, 2.45) is 5.92 Å². The van der Waals surface area contributed by atoms with Gasteiger partial charge < -0.3 is 14.2 Å². The van der Waals surface area contributed by atoms with Crippen LogP contribution in [-0.2, 0) is 30.8 Å². The second kappa shape index (κ2) is 9.02. The largest absolute Gasteiger partial charge is 0.376 e. The Hall–Kier alpha value is -2.12. The Labute approximate surface area is 190 Å². The summed E-state index contributed by atoms with van der Waals surface area (Å²) in [5, 5.41) is 0. The van der Waals surface area contributed by atoms with Crippen LogP contribution in [0.3, 0.4) is 0 Å². The van der Waals surface area contributed by atoms with Crippen LogP contribution in [0, 0.1) is 19.8 Å². The number of ether oxygens (including phenoxy) is 1. The molecule has 5 heterocycles. The number of nitrogens with zero attached hydrogens (tertiary/aromatic N) is 4. The molecule has 7 nitrogen and oxygen atoms in total. The van der Waals surface area contributed by atoms with Crippen LogP contribution in [0.5, 0.6) is 0 Å². The Morgan fingerprint density at radius 1 is 1.22 bits per heavy atom. The fourth-order valence-corrected chi connectivity index (χ4v) is 5.69. The first-order chi connectivity index (χ1) is 15.5. The summed E-state index contributed by atoms with van der Waals surface area (Å²) < 4.78 is 8.29. The SMILES string of the molecule is Cc1cc(CN2CCc3c(nc(N4CCCC(C)C4)[nH]c3=O)C2)c(C)n1CC1CCCO1. The van der Waals surface area contributed by atoms with Gasteiger partial charge in [0.1, 0.15) is 0 Å². The summed E-state index contributed by atoms with van der Waals surface area (Å²) in [6, 6.07) is 2.32. The van der Waals surface area contributed by atoms with Crippen molar-refractivity contribution in [2.45, 2.75) is 78.6 Å². The van der Waals surface area contributed by atoms with Crippen LogP contribution < -0.4 is 10.5 Å². The van der Waals surface area contributed by atoms with Crippen molar-refractivity contribution in [1.29, 1.82) is 0 Å². The van der Waals surface area contributed by atoms with Gasteiger partial charge in [0.05, 0.1) is 11.8 Å². The highest BCUT2D eigenvalue weighted by molar-refractivity contribution is 5.35. The Morgan fingerprint density at radius 2 is 2.09 bits per heavy atom. The van der Waals surface area contributed by atoms with Crippen molar-refractivity contribution in [2.75, 3.05) is 31.1 Å². The van der Waals surface area contributed by atoms with E-state index >= 15 is 0 Å². The molecule has 0 radical (unpaired) electrons. The molecule has 1 N–H and O–H groups in total. The minimum absolute atomic E-state index is 0.0534. The third kappa shape index (κ3) is 4.37. The maximum atomic E-state index is 12.8. The second-order valence-electron chi connectivity index (χ2n) is 10.1. The van der Waals surface area contributed by atoms with Crippen LogP contribution in [0.4, 0.5) is 5.95 Å². The van der Waals surface area contributed by atoms with Gasteiger partial charge in [-0.05, 0) is 63.5 Å². The summed E-state index contributed by atoms with van der Waals surface area (Å²) in [5.41, 5.74) is 5.91. The predicted molar refractivity (Wildman–Crippen MR) is 126 cm³/mol. The molecule has 7 heteroatoms. The highest BCUT2D eigenvalue weighted by Gasteiger charge is 2.26. The number of aromatic amines is 1. The molecule has 5 rings (SSSR count). The monoisotopic (exact) mass is 439 g/mol. The fourth-order valence-electron chi connectivity index (χ4n) is 5.69. The minimum Gasteiger partial charge on any atom is -0.376 e. The molecule has 2 aromatic rings. The van der Waals surface area contributed by atoms with Gasteiger partial charge in [0.15, 0.2) is 0 Å². The van der Waals surface area contributed by atoms with Gasteiger partial charge in [-0.3, -0.25) is 14.7 Å². The molecular formula is C25H37N5O2. The van der Waals surface area contributed by atoms with Gasteiger partial charge in [-0.15, -0.1) is 0 Å². The molecule has 2 atom stereocenters. The second-order valence-corrected chi connectivity index (χ2v) is 10.1. The number of hydrogen-bond donors (Lipinski definition) is 1. The maximum Gasteiger partial charge on any atom is 0.255 e. The molecule has 174 valence electrons. The van der Waals surface area contributed by atoms with Crippen LogP contribution in [0.2, 0.25) is 0 Å². The number of hydrogen-bond acceptors (Lipinski definition) is 5. The lowest BCUT2D eigenvalue weighted by atomic mass is 10.0. The zero-order valence-corrected chi connectivity index (χ0v) is 19.8. The van der Waals surface area contributed by atoms with E-state index in [1.54, 1.807) is 0 Å². The van der Waals surface area contributed by atoms with Crippen LogP contribution >= 0.6 is 0 Å². The number of rotatable bonds is 5. The zero-order valence-electron chi connectivity index (χ0n) is 19.8. The maximum absolute atomic E-state index is 12.8. The van der Waals surface area contributed by atoms with Crippen LogP contribution in [0.15, 0.2) is 10.9 Å². The number of piperidine rings is 1. The minimum atomic E-state index is 0.0534. The normalized spacial score (nSPS) is 24.2. The molecule has 2 unspecified atom stereocenters. The van der Waals surface area contributed by atoms with Crippen molar-refractivity contribution in [3.8, 4) is 0 Å². The van der Waals surface area contributed by atoms with E-state index in [-0.39, 0.29) is 5.56 Å². The van der Waals surface area contributed by atoms with E-state index in [1.165, 1.54) is 29.8 Å². The Morgan fingerprint density at radius 3 is 2.88 bits per heavy atom. The molecule has 0 aromatic carbocycles. The molecular weight excluding hydrogens is 402 g/mol. The molecule has 0 spiro atoms. The van der Waals surface area contributed by atoms with E-state index in [2.05, 4.69) is 46.2 Å². The molecule has 3 aliphatic rings. The number of aryl methyl sites for hydroxylation is 1. The smallest absolute Gasteiger partial charge is 0.255 e. The summed E-state index contributed by atoms with van der Waals surface area (Å²) >= 11 is 0. The Bertz CT molecular complexity index is 1020. The molecule has 2 fully saturated rings. The van der Waals surface area contributed by atoms with Crippen molar-refractivity contribution in [1.82, 2.24) is 19.4 Å². The van der Waals surface area contributed by atoms with E-state index in [0.717, 1.165) is 82.3 Å². The van der Waals surface area contributed by atoms with E-state index < -0.39 is 0 Å². The predicted octanol–water partition coefficient (Wildman–Crippen LogP) is 3.16. The van der Waals surface area contributed by atoms with Crippen molar-refractivity contribution >= 4 is 5.95 Å². The van der Waals surface area contributed by atoms with E-state index in [4.69, 9.17) is 9.72 Å². The lowest BCUT2D eigenvalue weighted by Crippen LogP contribution is -2.39. The summed E-state index contributed by atoms with van der Waals surface area (Å²) in [5.74, 6) is 1.41. The Balaban J connectivity index is 1.31. The van der Waals surface area contributed by atoms with Gasteiger partial charge in [0, 0.05) is 62.8 Å². The molecule has 0 bridgehead atoms. The van der Waals surface area contributed by atoms with E-state index in [0.29, 0.717) is 12.0 Å². The highest BCUT2D eigenvalue weighted by atomic mass is 16.5. The number of H-pyrrole nitrogens is 1. The fraction of sp³-hybridized carbons (Fsp3) is 0.680. The van der Waals surface area contributed by atoms with Crippen LogP contribution in [-0.4, -0.2) is 51.8 Å². The third-order valence-corrected chi connectivity index (χ3v) is 7.58. The van der Waals surface area contributed by atoms with Gasteiger partial charge >= 0.3 is 0 Å². The average Bonchev–Trinajstić information content (AvgIpc) is 3.38. The van der Waals surface area contributed by atoms with Crippen LogP contribution in [0.25, 0.3) is 0 Å². The summed E-state index contributed by atoms with van der Waals surface area (Å²) in [6.45, 7) is 13.0. The first kappa shape index (κ1) is 21.7. The van der Waals surface area contributed by atoms with Crippen molar-refractivity contribution in [3.63, 3.8) is 0 Å². The number of nitrogens with one attached hydrogen (secondary N) is 1. The molecule has 2 saturated heterocycles. The van der Waals surface area contributed by atoms with Gasteiger partial charge in [0.2, 0.25) is 5.95 Å². The molecule has 3 aliphatic heterocycles. The number of fused-ring (bicyclic) bond motifs is 1. The van der Waals surface area contributed by atoms with E-state index in [1.807, 2.05) is 0 Å². The Kier molecular flexibility index (Phi) is 6.12. The van der Waals surface area contributed by atoms with Gasteiger partial charge in [-0.1, -0.05) is 6.92 Å². The summed E-state index contributed by atoms with van der Waals surface area (Å²) in [4.78, 5) is 25.5. The quantitative estimate of drug-likeness (QED) is 0.775. The van der Waals surface area contributed by atoms with Gasteiger partial charge in [-0.25, -0.2) is 4.98 Å². The number of anilines is 1. The van der Waals surface area contributed by atoms with E-state index in [9.17, 15) is 4.79 Å². The molecule has 32 heavy (non-hydrogen) atoms. The van der Waals surface area contributed by atoms with Crippen molar-refractivity contribution < 1.29 is 4.74 Å². The summed E-state index contributed by atoms with van der Waals surface area (Å²) in [6.07, 6.45) is 5.87. The lowest BCUT2D eigenvalue weighted by Gasteiger charge is -2.33. The van der Waals surface area contributed by atoms with Crippen molar-refractivity contribution in [3.05, 3.63) is 44.6 Å². The zero-order chi connectivity index (χ0) is 22.2. The average molecular weight is 440 g/mol. The number of aromatic nitrogens is 3. The molecule has 2 aromatic heterocycles. The van der Waals surface area contributed by atoms with Crippen LogP contribution in [0.1, 0.15) is 60.8 Å². The molecule has 0 aliphatic carbocycles. The lowest BCUT2D eigenvalue weighted by molar-refractivity contribution is 0.0961. The molecule has 0 amide bonds. The third-order valence-electron chi connectivity index (χ3n) is 7.58. The standard InChI is InChI=1S/C25H37N5O2/c1-17-6-4-9-29(13-17)25-26-23-16-28(10-8-22(23)24(31)27-25)14-20-12-18(2)30(19(20)3)15-21-7-5-11-32-21/h12,17,21H,4-11,13-16H2,1-3H3,(H,26,27,31). The highest BCUT2D eigenvalue weighted by Crippen LogP contribution is 2.25. The first-order valence-corrected chi connectivity index (χ1v) is 12.3. The van der Waals surface area contributed by atoms with Gasteiger partial charge in [0.25, 0.3) is 5.56 Å². The first-order valence-electron chi connectivity index (χ1n) is 12.3. The molecule has 0 saturated carbocycles. The summed E-state index contributed by atoms with van der Waals surface area (Å²) in [7, 11) is 0. The topological polar surface area (TPSA) is 66.4 Å². The van der Waals surface area contributed by atoms with Gasteiger partial charge in [-0.2, -0.15) is 0 Å².